The SMILES string of the molecule is Cc1ccc(S(=O)(=O)Nc2cc(-c3nnc4n3CCCCC4)c(F)cc2F)c(Br)c1. The number of aromatic nitrogens is 3. The van der Waals surface area contributed by atoms with Crippen molar-refractivity contribution in [3.8, 4) is 11.4 Å². The molecule has 0 fully saturated rings. The maximum absolute atomic E-state index is 14.6. The monoisotopic (exact) mass is 496 g/mol. The summed E-state index contributed by atoms with van der Waals surface area (Å²) in [5.41, 5.74) is 0.506. The first-order valence-electron chi connectivity index (χ1n) is 9.47. The molecule has 4 rings (SSSR count). The number of hydrogen-bond acceptors (Lipinski definition) is 4. The number of aryl methyl sites for hydroxylation is 2. The van der Waals surface area contributed by atoms with Crippen molar-refractivity contribution >= 4 is 31.6 Å². The second-order valence-corrected chi connectivity index (χ2v) is 9.76. The minimum absolute atomic E-state index is 0.00211. The molecule has 0 atom stereocenters. The smallest absolute Gasteiger partial charge is 0.263 e. The fourth-order valence-electron chi connectivity index (χ4n) is 3.51. The summed E-state index contributed by atoms with van der Waals surface area (Å²) in [5.74, 6) is -0.830. The van der Waals surface area contributed by atoms with Crippen molar-refractivity contribution in [1.29, 1.82) is 0 Å². The van der Waals surface area contributed by atoms with E-state index in [4.69, 9.17) is 0 Å². The molecular formula is C20H19BrF2N4O2S. The van der Waals surface area contributed by atoms with Crippen molar-refractivity contribution < 1.29 is 17.2 Å². The molecule has 1 aromatic heterocycles. The highest BCUT2D eigenvalue weighted by Gasteiger charge is 2.24. The van der Waals surface area contributed by atoms with Crippen LogP contribution < -0.4 is 4.72 Å². The molecular weight excluding hydrogens is 478 g/mol. The Balaban J connectivity index is 1.75. The van der Waals surface area contributed by atoms with Crippen molar-refractivity contribution in [1.82, 2.24) is 14.8 Å². The van der Waals surface area contributed by atoms with Crippen molar-refractivity contribution in [3.63, 3.8) is 0 Å². The standard InChI is InChI=1S/C20H19BrF2N4O2S/c1-12-6-7-18(14(21)9-12)30(28,29)26-17-10-13(15(22)11-16(17)23)20-25-24-19-5-3-2-4-8-27(19)20/h6-7,9-11,26H,2-5,8H2,1H3. The van der Waals surface area contributed by atoms with Gasteiger partial charge in [0.2, 0.25) is 0 Å². The molecule has 158 valence electrons. The molecule has 0 bridgehead atoms. The zero-order valence-electron chi connectivity index (χ0n) is 16.1. The Hall–Kier alpha value is -2.33. The lowest BCUT2D eigenvalue weighted by atomic mass is 10.1. The van der Waals surface area contributed by atoms with Crippen LogP contribution in [0.2, 0.25) is 0 Å². The summed E-state index contributed by atoms with van der Waals surface area (Å²) in [6.45, 7) is 2.45. The summed E-state index contributed by atoms with van der Waals surface area (Å²) >= 11 is 3.23. The minimum Gasteiger partial charge on any atom is -0.311 e. The molecule has 1 aliphatic heterocycles. The van der Waals surface area contributed by atoms with Gasteiger partial charge in [-0.15, -0.1) is 10.2 Å². The lowest BCUT2D eigenvalue weighted by Gasteiger charge is -2.13. The maximum Gasteiger partial charge on any atom is 0.263 e. The second kappa shape index (κ2) is 8.07. The molecule has 10 heteroatoms. The van der Waals surface area contributed by atoms with Gasteiger partial charge in [0.15, 0.2) is 5.82 Å². The fourth-order valence-corrected chi connectivity index (χ4v) is 5.76. The highest BCUT2D eigenvalue weighted by Crippen LogP contribution is 2.31. The molecule has 0 amide bonds. The Morgan fingerprint density at radius 1 is 1.07 bits per heavy atom. The van der Waals surface area contributed by atoms with Crippen molar-refractivity contribution in [2.24, 2.45) is 0 Å². The number of hydrogen-bond donors (Lipinski definition) is 1. The highest BCUT2D eigenvalue weighted by atomic mass is 79.9. The number of fused-ring (bicyclic) bond motifs is 1. The largest absolute Gasteiger partial charge is 0.311 e. The first-order chi connectivity index (χ1) is 14.3. The molecule has 1 aliphatic rings. The number of sulfonamides is 1. The van der Waals surface area contributed by atoms with E-state index in [0.717, 1.165) is 43.1 Å². The minimum atomic E-state index is -4.11. The summed E-state index contributed by atoms with van der Waals surface area (Å²) in [4.78, 5) is -0.0466. The van der Waals surface area contributed by atoms with Gasteiger partial charge in [-0.25, -0.2) is 17.2 Å². The summed E-state index contributed by atoms with van der Waals surface area (Å²) in [5, 5.41) is 8.22. The molecule has 0 unspecified atom stereocenters. The Bertz CT molecular complexity index is 1230. The normalized spacial score (nSPS) is 14.3. The molecule has 0 radical (unpaired) electrons. The van der Waals surface area contributed by atoms with Gasteiger partial charge in [-0.2, -0.15) is 0 Å². The molecule has 1 N–H and O–H groups in total. The van der Waals surface area contributed by atoms with Gasteiger partial charge in [0.1, 0.15) is 22.4 Å². The van der Waals surface area contributed by atoms with E-state index in [2.05, 4.69) is 30.8 Å². The third-order valence-electron chi connectivity index (χ3n) is 5.03. The molecule has 0 saturated heterocycles. The zero-order valence-corrected chi connectivity index (χ0v) is 18.5. The summed E-state index contributed by atoms with van der Waals surface area (Å²) in [7, 11) is -4.11. The molecule has 3 aromatic rings. The average Bonchev–Trinajstić information content (AvgIpc) is 2.91. The van der Waals surface area contributed by atoms with Crippen LogP contribution in [-0.4, -0.2) is 23.2 Å². The molecule has 2 heterocycles. The summed E-state index contributed by atoms with van der Waals surface area (Å²) in [6, 6.07) is 6.49. The quantitative estimate of drug-likeness (QED) is 0.561. The first-order valence-corrected chi connectivity index (χ1v) is 11.7. The lowest BCUT2D eigenvalue weighted by molar-refractivity contribution is 0.581. The highest BCUT2D eigenvalue weighted by molar-refractivity contribution is 9.10. The van der Waals surface area contributed by atoms with E-state index >= 15 is 0 Å². The Labute approximate surface area is 181 Å². The van der Waals surface area contributed by atoms with Gasteiger partial charge in [-0.3, -0.25) is 4.72 Å². The zero-order chi connectivity index (χ0) is 21.5. The summed E-state index contributed by atoms with van der Waals surface area (Å²) < 4.78 is 59.1. The topological polar surface area (TPSA) is 76.9 Å². The van der Waals surface area contributed by atoms with Crippen LogP contribution in [0.15, 0.2) is 39.7 Å². The Morgan fingerprint density at radius 3 is 2.63 bits per heavy atom. The van der Waals surface area contributed by atoms with E-state index in [-0.39, 0.29) is 22.0 Å². The van der Waals surface area contributed by atoms with Gasteiger partial charge < -0.3 is 4.57 Å². The molecule has 2 aromatic carbocycles. The van der Waals surface area contributed by atoms with Gasteiger partial charge >= 0.3 is 0 Å². The van der Waals surface area contributed by atoms with E-state index in [1.807, 2.05) is 11.5 Å². The van der Waals surface area contributed by atoms with Gasteiger partial charge in [-0.1, -0.05) is 12.5 Å². The number of benzene rings is 2. The van der Waals surface area contributed by atoms with Gasteiger partial charge in [0.05, 0.1) is 11.3 Å². The van der Waals surface area contributed by atoms with Gasteiger partial charge in [0, 0.05) is 23.5 Å². The number of anilines is 1. The van der Waals surface area contributed by atoms with Crippen LogP contribution in [0.5, 0.6) is 0 Å². The van der Waals surface area contributed by atoms with Gasteiger partial charge in [-0.05, 0) is 59.5 Å². The van der Waals surface area contributed by atoms with E-state index in [1.165, 1.54) is 6.07 Å². The average molecular weight is 497 g/mol. The Morgan fingerprint density at radius 2 is 1.87 bits per heavy atom. The van der Waals surface area contributed by atoms with Crippen LogP contribution in [0.25, 0.3) is 11.4 Å². The van der Waals surface area contributed by atoms with Crippen LogP contribution in [0.3, 0.4) is 0 Å². The van der Waals surface area contributed by atoms with Crippen molar-refractivity contribution in [2.45, 2.75) is 44.0 Å². The van der Waals surface area contributed by atoms with E-state index in [0.29, 0.717) is 17.1 Å². The number of halogens is 3. The molecule has 0 spiro atoms. The number of nitrogens with one attached hydrogen (secondary N) is 1. The van der Waals surface area contributed by atoms with Crippen molar-refractivity contribution in [3.05, 3.63) is 57.8 Å². The third-order valence-corrected chi connectivity index (χ3v) is 7.37. The fraction of sp³-hybridized carbons (Fsp3) is 0.300. The first kappa shape index (κ1) is 20.9. The van der Waals surface area contributed by atoms with E-state index < -0.39 is 21.7 Å². The predicted octanol–water partition coefficient (Wildman–Crippen LogP) is 4.82. The molecule has 0 saturated carbocycles. The van der Waals surface area contributed by atoms with Crippen LogP contribution in [0.1, 0.15) is 30.7 Å². The maximum atomic E-state index is 14.6. The molecule has 6 nitrogen and oxygen atoms in total. The second-order valence-electron chi connectivity index (χ2n) is 7.25. The number of rotatable bonds is 4. The van der Waals surface area contributed by atoms with Crippen LogP contribution in [0, 0.1) is 18.6 Å². The summed E-state index contributed by atoms with van der Waals surface area (Å²) in [6.07, 6.45) is 3.64. The molecule has 0 aliphatic carbocycles. The van der Waals surface area contributed by atoms with E-state index in [1.54, 1.807) is 12.1 Å². The van der Waals surface area contributed by atoms with Gasteiger partial charge in [0.25, 0.3) is 10.0 Å². The number of nitrogens with zero attached hydrogens (tertiary/aromatic N) is 3. The van der Waals surface area contributed by atoms with Crippen LogP contribution in [0.4, 0.5) is 14.5 Å². The lowest BCUT2D eigenvalue weighted by Crippen LogP contribution is -2.15. The van der Waals surface area contributed by atoms with Crippen LogP contribution in [-0.2, 0) is 23.0 Å². The third kappa shape index (κ3) is 3.98. The van der Waals surface area contributed by atoms with E-state index in [9.17, 15) is 17.2 Å². The predicted molar refractivity (Wildman–Crippen MR) is 113 cm³/mol. The molecule has 30 heavy (non-hydrogen) atoms. The van der Waals surface area contributed by atoms with Crippen molar-refractivity contribution in [2.75, 3.05) is 4.72 Å². The Kier molecular flexibility index (Phi) is 5.63. The van der Waals surface area contributed by atoms with Crippen LogP contribution >= 0.6 is 15.9 Å².